The first-order valence-corrected chi connectivity index (χ1v) is 6.44. The summed E-state index contributed by atoms with van der Waals surface area (Å²) in [5.41, 5.74) is 1.11. The summed E-state index contributed by atoms with van der Waals surface area (Å²) in [5, 5.41) is 3.89. The van der Waals surface area contributed by atoms with Gasteiger partial charge in [0.2, 0.25) is 5.91 Å². The van der Waals surface area contributed by atoms with Crippen molar-refractivity contribution in [1.82, 2.24) is 10.3 Å². The number of carbonyl (C=O) groups excluding carboxylic acids is 1. The molecule has 1 amide bonds. The summed E-state index contributed by atoms with van der Waals surface area (Å²) in [4.78, 5) is 19.5. The number of anilines is 1. The molecule has 1 aromatic rings. The quantitative estimate of drug-likeness (QED) is 0.865. The van der Waals surface area contributed by atoms with E-state index in [9.17, 15) is 4.79 Å². The lowest BCUT2D eigenvalue weighted by atomic mass is 10.3. The molecule has 1 atom stereocenters. The van der Waals surface area contributed by atoms with Gasteiger partial charge in [-0.1, -0.05) is 6.92 Å². The molecule has 0 aromatic carbocycles. The standard InChI is InChI=1S/C11H17N3OS/c1-4-8-7(2)16-11(13-8)14-6-5-9(12-3)10(14)15/h9,12H,4-6H2,1-3H3. The molecule has 2 heterocycles. The first-order valence-electron chi connectivity index (χ1n) is 5.62. The largest absolute Gasteiger partial charge is 0.309 e. The van der Waals surface area contributed by atoms with E-state index in [1.807, 2.05) is 7.05 Å². The fourth-order valence-electron chi connectivity index (χ4n) is 1.99. The Balaban J connectivity index is 2.22. The Morgan fingerprint density at radius 1 is 1.62 bits per heavy atom. The van der Waals surface area contributed by atoms with E-state index in [-0.39, 0.29) is 11.9 Å². The van der Waals surface area contributed by atoms with Crippen LogP contribution in [0, 0.1) is 6.92 Å². The van der Waals surface area contributed by atoms with Gasteiger partial charge in [0.15, 0.2) is 5.13 Å². The second-order valence-corrected chi connectivity index (χ2v) is 5.15. The third-order valence-electron chi connectivity index (χ3n) is 3.00. The molecule has 88 valence electrons. The number of carbonyl (C=O) groups is 1. The molecule has 1 aromatic heterocycles. The van der Waals surface area contributed by atoms with Gasteiger partial charge in [0.05, 0.1) is 11.7 Å². The molecule has 4 nitrogen and oxygen atoms in total. The number of rotatable bonds is 3. The maximum atomic E-state index is 12.0. The zero-order chi connectivity index (χ0) is 11.7. The molecule has 1 N–H and O–H groups in total. The van der Waals surface area contributed by atoms with Crippen LogP contribution in [0.5, 0.6) is 0 Å². The van der Waals surface area contributed by atoms with Crippen LogP contribution in [0.25, 0.3) is 0 Å². The number of hydrogen-bond donors (Lipinski definition) is 1. The third kappa shape index (κ3) is 1.85. The first kappa shape index (κ1) is 11.5. The molecule has 5 heteroatoms. The lowest BCUT2D eigenvalue weighted by molar-refractivity contribution is -0.118. The summed E-state index contributed by atoms with van der Waals surface area (Å²) in [6.07, 6.45) is 1.80. The molecule has 1 saturated heterocycles. The van der Waals surface area contributed by atoms with Gasteiger partial charge >= 0.3 is 0 Å². The number of aromatic nitrogens is 1. The molecule has 0 aliphatic carbocycles. The highest BCUT2D eigenvalue weighted by atomic mass is 32.1. The topological polar surface area (TPSA) is 45.2 Å². The van der Waals surface area contributed by atoms with Crippen molar-refractivity contribution in [2.24, 2.45) is 0 Å². The van der Waals surface area contributed by atoms with Crippen molar-refractivity contribution < 1.29 is 4.79 Å². The predicted molar refractivity (Wildman–Crippen MR) is 66.0 cm³/mol. The third-order valence-corrected chi connectivity index (χ3v) is 4.04. The van der Waals surface area contributed by atoms with Gasteiger partial charge in [-0.15, -0.1) is 11.3 Å². The van der Waals surface area contributed by atoms with Crippen LogP contribution in [0.3, 0.4) is 0 Å². The highest BCUT2D eigenvalue weighted by Gasteiger charge is 2.33. The fourth-order valence-corrected chi connectivity index (χ4v) is 3.02. The van der Waals surface area contributed by atoms with Crippen LogP contribution in [0.2, 0.25) is 0 Å². The molecule has 2 rings (SSSR count). The highest BCUT2D eigenvalue weighted by molar-refractivity contribution is 7.15. The molecule has 0 spiro atoms. The summed E-state index contributed by atoms with van der Waals surface area (Å²) in [5.74, 6) is 0.152. The fraction of sp³-hybridized carbons (Fsp3) is 0.636. The average molecular weight is 239 g/mol. The van der Waals surface area contributed by atoms with E-state index in [0.717, 1.165) is 30.2 Å². The Labute approximate surface area is 99.7 Å². The summed E-state index contributed by atoms with van der Waals surface area (Å²) in [6.45, 7) is 4.94. The monoisotopic (exact) mass is 239 g/mol. The SMILES string of the molecule is CCc1nc(N2CCC(NC)C2=O)sc1C. The first-order chi connectivity index (χ1) is 7.67. The van der Waals surface area contributed by atoms with Crippen LogP contribution in [-0.4, -0.2) is 30.5 Å². The molecule has 1 fully saturated rings. The summed E-state index contributed by atoms with van der Waals surface area (Å²) < 4.78 is 0. The second kappa shape index (κ2) is 4.51. The maximum Gasteiger partial charge on any atom is 0.245 e. The van der Waals surface area contributed by atoms with Crippen molar-refractivity contribution in [1.29, 1.82) is 0 Å². The van der Waals surface area contributed by atoms with Crippen LogP contribution in [0.4, 0.5) is 5.13 Å². The lowest BCUT2D eigenvalue weighted by Gasteiger charge is -2.12. The van der Waals surface area contributed by atoms with Crippen molar-refractivity contribution in [3.63, 3.8) is 0 Å². The molecular formula is C11H17N3OS. The average Bonchev–Trinajstić information content (AvgIpc) is 2.81. The maximum absolute atomic E-state index is 12.0. The molecule has 0 saturated carbocycles. The molecule has 1 aliphatic rings. The second-order valence-electron chi connectivity index (χ2n) is 3.97. The highest BCUT2D eigenvalue weighted by Crippen LogP contribution is 2.29. The van der Waals surface area contributed by atoms with E-state index in [4.69, 9.17) is 0 Å². The van der Waals surface area contributed by atoms with E-state index >= 15 is 0 Å². The van der Waals surface area contributed by atoms with E-state index in [1.165, 1.54) is 4.88 Å². The van der Waals surface area contributed by atoms with Gasteiger partial charge in [0, 0.05) is 11.4 Å². The zero-order valence-corrected chi connectivity index (χ0v) is 10.7. The summed E-state index contributed by atoms with van der Waals surface area (Å²) in [6, 6.07) is -0.0331. The van der Waals surface area contributed by atoms with Crippen molar-refractivity contribution in [2.45, 2.75) is 32.7 Å². The van der Waals surface area contributed by atoms with Gasteiger partial charge in [-0.25, -0.2) is 4.98 Å². The van der Waals surface area contributed by atoms with E-state index in [0.29, 0.717) is 0 Å². The van der Waals surface area contributed by atoms with Crippen molar-refractivity contribution >= 4 is 22.4 Å². The number of likely N-dealkylation sites (N-methyl/N-ethyl adjacent to an activating group) is 1. The van der Waals surface area contributed by atoms with E-state index in [1.54, 1.807) is 16.2 Å². The Morgan fingerprint density at radius 3 is 2.88 bits per heavy atom. The van der Waals surface area contributed by atoms with Gasteiger partial charge < -0.3 is 5.32 Å². The molecule has 1 unspecified atom stereocenters. The van der Waals surface area contributed by atoms with Crippen LogP contribution in [0.1, 0.15) is 23.9 Å². The van der Waals surface area contributed by atoms with Gasteiger partial charge in [0.25, 0.3) is 0 Å². The van der Waals surface area contributed by atoms with Crippen LogP contribution >= 0.6 is 11.3 Å². The van der Waals surface area contributed by atoms with E-state index in [2.05, 4.69) is 24.1 Å². The number of hydrogen-bond acceptors (Lipinski definition) is 4. The number of aryl methyl sites for hydroxylation is 2. The smallest absolute Gasteiger partial charge is 0.245 e. The molecule has 1 aliphatic heterocycles. The number of nitrogens with zero attached hydrogens (tertiary/aromatic N) is 2. The normalized spacial score (nSPS) is 20.8. The van der Waals surface area contributed by atoms with Gasteiger partial charge in [0.1, 0.15) is 0 Å². The van der Waals surface area contributed by atoms with Gasteiger partial charge in [-0.3, -0.25) is 9.69 Å². The Hall–Kier alpha value is -0.940. The molecule has 0 bridgehead atoms. The van der Waals surface area contributed by atoms with Crippen LogP contribution in [0.15, 0.2) is 0 Å². The van der Waals surface area contributed by atoms with Crippen molar-refractivity contribution in [2.75, 3.05) is 18.5 Å². The van der Waals surface area contributed by atoms with Crippen molar-refractivity contribution in [3.05, 3.63) is 10.6 Å². The number of nitrogens with one attached hydrogen (secondary N) is 1. The number of amides is 1. The van der Waals surface area contributed by atoms with Gasteiger partial charge in [-0.05, 0) is 26.8 Å². The minimum Gasteiger partial charge on any atom is -0.309 e. The van der Waals surface area contributed by atoms with Crippen LogP contribution in [-0.2, 0) is 11.2 Å². The lowest BCUT2D eigenvalue weighted by Crippen LogP contribution is -2.36. The summed E-state index contributed by atoms with van der Waals surface area (Å²) >= 11 is 1.62. The minimum atomic E-state index is -0.0331. The predicted octanol–water partition coefficient (Wildman–Crippen LogP) is 1.34. The Morgan fingerprint density at radius 2 is 2.38 bits per heavy atom. The van der Waals surface area contributed by atoms with Gasteiger partial charge in [-0.2, -0.15) is 0 Å². The number of thiazole rings is 1. The van der Waals surface area contributed by atoms with E-state index < -0.39 is 0 Å². The molecule has 0 radical (unpaired) electrons. The minimum absolute atomic E-state index is 0.0331. The molecule has 16 heavy (non-hydrogen) atoms. The van der Waals surface area contributed by atoms with Crippen LogP contribution < -0.4 is 10.2 Å². The Bertz CT molecular complexity index is 402. The molecular weight excluding hydrogens is 222 g/mol. The zero-order valence-electron chi connectivity index (χ0n) is 9.91. The Kier molecular flexibility index (Phi) is 3.25. The van der Waals surface area contributed by atoms with Crippen molar-refractivity contribution in [3.8, 4) is 0 Å². The summed E-state index contributed by atoms with van der Waals surface area (Å²) in [7, 11) is 1.83.